The van der Waals surface area contributed by atoms with Gasteiger partial charge in [0.15, 0.2) is 0 Å². The van der Waals surface area contributed by atoms with Crippen LogP contribution in [0.2, 0.25) is 0 Å². The summed E-state index contributed by atoms with van der Waals surface area (Å²) < 4.78 is 0. The topological polar surface area (TPSA) is 97.1 Å². The third kappa shape index (κ3) is 7.66. The van der Waals surface area contributed by atoms with Gasteiger partial charge < -0.3 is 16.4 Å². The molecule has 156 valence electrons. The Bertz CT molecular complexity index is 762. The Morgan fingerprint density at radius 2 is 1.72 bits per heavy atom. The van der Waals surface area contributed by atoms with Crippen molar-refractivity contribution in [2.45, 2.75) is 52.0 Å². The predicted molar refractivity (Wildman–Crippen MR) is 116 cm³/mol. The van der Waals surface area contributed by atoms with Crippen molar-refractivity contribution in [1.29, 1.82) is 0 Å². The molecular formula is C23H32N4O2. The highest BCUT2D eigenvalue weighted by molar-refractivity contribution is 6.04. The maximum atomic E-state index is 12.3. The lowest BCUT2D eigenvalue weighted by atomic mass is 10.0. The van der Waals surface area contributed by atoms with Crippen LogP contribution in [0.4, 0.5) is 5.69 Å². The van der Waals surface area contributed by atoms with Crippen molar-refractivity contribution >= 4 is 17.5 Å². The molecule has 0 radical (unpaired) electrons. The molecule has 0 spiro atoms. The summed E-state index contributed by atoms with van der Waals surface area (Å²) >= 11 is 0. The highest BCUT2D eigenvalue weighted by Crippen LogP contribution is 2.14. The van der Waals surface area contributed by atoms with Crippen molar-refractivity contribution in [3.63, 3.8) is 0 Å². The van der Waals surface area contributed by atoms with Crippen molar-refractivity contribution < 1.29 is 9.59 Å². The Morgan fingerprint density at radius 1 is 1.03 bits per heavy atom. The number of nitrogens with zero attached hydrogens (tertiary/aromatic N) is 1. The monoisotopic (exact) mass is 396 g/mol. The van der Waals surface area contributed by atoms with Gasteiger partial charge in [0.25, 0.3) is 5.91 Å². The smallest absolute Gasteiger partial charge is 0.255 e. The first kappa shape index (κ1) is 22.6. The standard InChI is InChI=1S/C23H32N4O2/c1-3-4-5-6-7-17(2)22(28)26-16-21(24)18-8-10-19(11-9-18)23(29)27-20-12-14-25-15-13-20/h8-15,17,21H,3-7,16,24H2,1-2H3,(H,26,28)(H,25,27,29). The highest BCUT2D eigenvalue weighted by Gasteiger charge is 2.15. The van der Waals surface area contributed by atoms with Gasteiger partial charge in [-0.3, -0.25) is 14.6 Å². The van der Waals surface area contributed by atoms with E-state index in [1.165, 1.54) is 19.3 Å². The molecule has 0 saturated carbocycles. The van der Waals surface area contributed by atoms with Gasteiger partial charge in [0.1, 0.15) is 0 Å². The van der Waals surface area contributed by atoms with Crippen LogP contribution in [-0.4, -0.2) is 23.3 Å². The fourth-order valence-corrected chi connectivity index (χ4v) is 3.03. The van der Waals surface area contributed by atoms with Crippen molar-refractivity contribution in [2.24, 2.45) is 11.7 Å². The summed E-state index contributed by atoms with van der Waals surface area (Å²) in [6.45, 7) is 4.52. The van der Waals surface area contributed by atoms with E-state index in [9.17, 15) is 9.59 Å². The number of benzene rings is 1. The summed E-state index contributed by atoms with van der Waals surface area (Å²) in [5.74, 6) is -0.148. The SMILES string of the molecule is CCCCCCC(C)C(=O)NCC(N)c1ccc(C(=O)Nc2ccncc2)cc1. The fraction of sp³-hybridized carbons (Fsp3) is 0.435. The quantitative estimate of drug-likeness (QED) is 0.499. The van der Waals surface area contributed by atoms with E-state index in [2.05, 4.69) is 22.5 Å². The Kier molecular flexibility index (Phi) is 9.31. The maximum Gasteiger partial charge on any atom is 0.255 e. The molecule has 0 aliphatic heterocycles. The van der Waals surface area contributed by atoms with Crippen LogP contribution >= 0.6 is 0 Å². The average molecular weight is 397 g/mol. The first-order valence-electron chi connectivity index (χ1n) is 10.4. The van der Waals surface area contributed by atoms with Gasteiger partial charge in [-0.25, -0.2) is 0 Å². The third-order valence-electron chi connectivity index (χ3n) is 4.97. The summed E-state index contributed by atoms with van der Waals surface area (Å²) in [6.07, 6.45) is 8.82. The number of pyridine rings is 1. The molecule has 0 saturated heterocycles. The van der Waals surface area contributed by atoms with Gasteiger partial charge >= 0.3 is 0 Å². The largest absolute Gasteiger partial charge is 0.354 e. The third-order valence-corrected chi connectivity index (χ3v) is 4.97. The Balaban J connectivity index is 1.80. The molecule has 2 rings (SSSR count). The van der Waals surface area contributed by atoms with E-state index >= 15 is 0 Å². The van der Waals surface area contributed by atoms with Gasteiger partial charge in [-0.1, -0.05) is 51.7 Å². The predicted octanol–water partition coefficient (Wildman–Crippen LogP) is 4.06. The molecule has 6 heteroatoms. The lowest BCUT2D eigenvalue weighted by Crippen LogP contribution is -2.35. The van der Waals surface area contributed by atoms with Crippen LogP contribution < -0.4 is 16.4 Å². The number of unbranched alkanes of at least 4 members (excludes halogenated alkanes) is 3. The Morgan fingerprint density at radius 3 is 2.38 bits per heavy atom. The first-order chi connectivity index (χ1) is 14.0. The lowest BCUT2D eigenvalue weighted by molar-refractivity contribution is -0.124. The van der Waals surface area contributed by atoms with Gasteiger partial charge in [0.05, 0.1) is 0 Å². The normalized spacial score (nSPS) is 12.8. The minimum atomic E-state index is -0.316. The molecule has 2 aromatic rings. The van der Waals surface area contributed by atoms with Crippen LogP contribution in [0.3, 0.4) is 0 Å². The number of nitrogens with two attached hydrogens (primary N) is 1. The molecule has 0 aliphatic carbocycles. The summed E-state index contributed by atoms with van der Waals surface area (Å²) in [5, 5.41) is 5.76. The number of aromatic nitrogens is 1. The number of anilines is 1. The van der Waals surface area contributed by atoms with E-state index in [-0.39, 0.29) is 23.8 Å². The molecule has 2 amide bonds. The summed E-state index contributed by atoms with van der Waals surface area (Å²) in [5.41, 5.74) is 8.32. The molecule has 4 N–H and O–H groups in total. The molecule has 1 aromatic heterocycles. The van der Waals surface area contributed by atoms with Gasteiger partial charge in [-0.15, -0.1) is 0 Å². The van der Waals surface area contributed by atoms with Gasteiger partial charge in [0, 0.05) is 42.1 Å². The van der Waals surface area contributed by atoms with Crippen molar-refractivity contribution in [3.05, 3.63) is 59.9 Å². The maximum absolute atomic E-state index is 12.3. The zero-order valence-corrected chi connectivity index (χ0v) is 17.4. The van der Waals surface area contributed by atoms with E-state index in [0.29, 0.717) is 17.8 Å². The first-order valence-corrected chi connectivity index (χ1v) is 10.4. The molecule has 0 aliphatic rings. The highest BCUT2D eigenvalue weighted by atomic mass is 16.2. The van der Waals surface area contributed by atoms with E-state index in [4.69, 9.17) is 5.73 Å². The van der Waals surface area contributed by atoms with Crippen LogP contribution in [0.1, 0.15) is 67.9 Å². The summed E-state index contributed by atoms with van der Waals surface area (Å²) in [4.78, 5) is 28.5. The molecule has 1 aromatic carbocycles. The second kappa shape index (κ2) is 12.0. The molecule has 0 bridgehead atoms. The Labute approximate surface area is 173 Å². The van der Waals surface area contributed by atoms with E-state index in [1.807, 2.05) is 19.1 Å². The number of carbonyl (C=O) groups is 2. The van der Waals surface area contributed by atoms with E-state index in [1.54, 1.807) is 36.7 Å². The van der Waals surface area contributed by atoms with Gasteiger partial charge in [-0.05, 0) is 36.2 Å². The minimum Gasteiger partial charge on any atom is -0.354 e. The number of rotatable bonds is 11. The number of hydrogen-bond acceptors (Lipinski definition) is 4. The molecule has 1 heterocycles. The number of amides is 2. The van der Waals surface area contributed by atoms with Crippen molar-refractivity contribution in [2.75, 3.05) is 11.9 Å². The van der Waals surface area contributed by atoms with Crippen LogP contribution in [0.25, 0.3) is 0 Å². The van der Waals surface area contributed by atoms with Crippen LogP contribution in [0.5, 0.6) is 0 Å². The van der Waals surface area contributed by atoms with Crippen molar-refractivity contribution in [3.8, 4) is 0 Å². The van der Waals surface area contributed by atoms with Gasteiger partial charge in [-0.2, -0.15) is 0 Å². The molecule has 29 heavy (non-hydrogen) atoms. The van der Waals surface area contributed by atoms with E-state index in [0.717, 1.165) is 18.4 Å². The van der Waals surface area contributed by atoms with Gasteiger partial charge in [0.2, 0.25) is 5.91 Å². The lowest BCUT2D eigenvalue weighted by Gasteiger charge is -2.16. The summed E-state index contributed by atoms with van der Waals surface area (Å²) in [6, 6.07) is 10.3. The second-order valence-electron chi connectivity index (χ2n) is 7.41. The number of hydrogen-bond donors (Lipinski definition) is 3. The molecule has 0 fully saturated rings. The molecule has 2 unspecified atom stereocenters. The van der Waals surface area contributed by atoms with Crippen LogP contribution in [-0.2, 0) is 4.79 Å². The molecular weight excluding hydrogens is 364 g/mol. The van der Waals surface area contributed by atoms with Crippen LogP contribution in [0.15, 0.2) is 48.8 Å². The van der Waals surface area contributed by atoms with Crippen molar-refractivity contribution in [1.82, 2.24) is 10.3 Å². The van der Waals surface area contributed by atoms with Crippen LogP contribution in [0, 0.1) is 5.92 Å². The molecule has 6 nitrogen and oxygen atoms in total. The zero-order chi connectivity index (χ0) is 21.1. The zero-order valence-electron chi connectivity index (χ0n) is 17.4. The van der Waals surface area contributed by atoms with E-state index < -0.39 is 0 Å². The summed E-state index contributed by atoms with van der Waals surface area (Å²) in [7, 11) is 0. The fourth-order valence-electron chi connectivity index (χ4n) is 3.03. The number of nitrogens with one attached hydrogen (secondary N) is 2. The minimum absolute atomic E-state index is 0.00156. The Hall–Kier alpha value is -2.73. The average Bonchev–Trinajstić information content (AvgIpc) is 2.75. The second-order valence-corrected chi connectivity index (χ2v) is 7.41. The number of carbonyl (C=O) groups excluding carboxylic acids is 2. The molecule has 2 atom stereocenters.